The minimum absolute atomic E-state index is 0.113. The molecule has 2 N–H and O–H groups in total. The van der Waals surface area contributed by atoms with E-state index in [0.717, 1.165) is 49.9 Å². The summed E-state index contributed by atoms with van der Waals surface area (Å²) in [5, 5.41) is 5.88. The number of carbonyl (C=O) groups is 2. The van der Waals surface area contributed by atoms with Crippen LogP contribution in [0.1, 0.15) is 75.2 Å². The van der Waals surface area contributed by atoms with Crippen LogP contribution in [0.15, 0.2) is 24.3 Å². The smallest absolute Gasteiger partial charge is 0.315 e. The quantitative estimate of drug-likeness (QED) is 0.712. The average Bonchev–Trinajstić information content (AvgIpc) is 2.66. The highest BCUT2D eigenvalue weighted by Crippen LogP contribution is 2.14. The summed E-state index contributed by atoms with van der Waals surface area (Å²) < 4.78 is 0. The number of amides is 3. The molecule has 0 radical (unpaired) electrons. The summed E-state index contributed by atoms with van der Waals surface area (Å²) in [7, 11) is 0. The van der Waals surface area contributed by atoms with Crippen LogP contribution in [0.5, 0.6) is 0 Å². The summed E-state index contributed by atoms with van der Waals surface area (Å²) in [6, 6.07) is 7.60. The number of nitrogens with one attached hydrogen (secondary N) is 2. The third-order valence-electron chi connectivity index (χ3n) is 5.09. The first kappa shape index (κ1) is 21.3. The minimum Gasteiger partial charge on any atom is -0.339 e. The van der Waals surface area contributed by atoms with Crippen molar-refractivity contribution in [2.75, 3.05) is 13.1 Å². The fourth-order valence-electron chi connectivity index (χ4n) is 3.41. The topological polar surface area (TPSA) is 61.4 Å². The molecule has 3 amide bonds. The molecule has 5 nitrogen and oxygen atoms in total. The molecule has 1 fully saturated rings. The van der Waals surface area contributed by atoms with Crippen LogP contribution >= 0.6 is 0 Å². The van der Waals surface area contributed by atoms with Crippen molar-refractivity contribution in [1.29, 1.82) is 0 Å². The molecule has 1 saturated heterocycles. The van der Waals surface area contributed by atoms with E-state index in [0.29, 0.717) is 12.5 Å². The zero-order chi connectivity index (χ0) is 19.6. The van der Waals surface area contributed by atoms with Gasteiger partial charge in [0.2, 0.25) is 0 Å². The van der Waals surface area contributed by atoms with E-state index in [-0.39, 0.29) is 18.0 Å². The highest BCUT2D eigenvalue weighted by atomic mass is 16.2. The van der Waals surface area contributed by atoms with Gasteiger partial charge in [-0.1, -0.05) is 38.8 Å². The standard InChI is InChI=1S/C22H35N3O2/c1-17(2)8-7-9-18(3)24-22(27)23-16-19-10-12-20(13-11-19)21(26)25-14-5-4-6-15-25/h10-13,17-18H,4-9,14-16H2,1-3H3,(H2,23,24,27). The highest BCUT2D eigenvalue weighted by molar-refractivity contribution is 5.94. The van der Waals surface area contributed by atoms with Gasteiger partial charge in [0.05, 0.1) is 0 Å². The number of hydrogen-bond acceptors (Lipinski definition) is 2. The van der Waals surface area contributed by atoms with Crippen molar-refractivity contribution in [3.8, 4) is 0 Å². The van der Waals surface area contributed by atoms with Crippen molar-refractivity contribution in [1.82, 2.24) is 15.5 Å². The fraction of sp³-hybridized carbons (Fsp3) is 0.636. The molecule has 0 aromatic heterocycles. The molecule has 1 heterocycles. The molecule has 1 aliphatic rings. The third-order valence-corrected chi connectivity index (χ3v) is 5.09. The van der Waals surface area contributed by atoms with Gasteiger partial charge in [-0.2, -0.15) is 0 Å². The molecule has 1 aromatic rings. The molecule has 0 bridgehead atoms. The second-order valence-electron chi connectivity index (χ2n) is 8.10. The first-order valence-electron chi connectivity index (χ1n) is 10.4. The Morgan fingerprint density at radius 2 is 1.67 bits per heavy atom. The fourth-order valence-corrected chi connectivity index (χ4v) is 3.41. The Bertz CT molecular complexity index is 592. The monoisotopic (exact) mass is 373 g/mol. The van der Waals surface area contributed by atoms with E-state index in [1.54, 1.807) is 0 Å². The first-order valence-corrected chi connectivity index (χ1v) is 10.4. The van der Waals surface area contributed by atoms with Gasteiger partial charge < -0.3 is 15.5 Å². The van der Waals surface area contributed by atoms with Crippen molar-refractivity contribution in [2.24, 2.45) is 5.92 Å². The average molecular weight is 374 g/mol. The van der Waals surface area contributed by atoms with E-state index in [1.807, 2.05) is 36.1 Å². The summed E-state index contributed by atoms with van der Waals surface area (Å²) in [6.07, 6.45) is 6.73. The Hall–Kier alpha value is -2.04. The van der Waals surface area contributed by atoms with E-state index in [1.165, 1.54) is 12.8 Å². The van der Waals surface area contributed by atoms with Gasteiger partial charge in [0.15, 0.2) is 0 Å². The zero-order valence-corrected chi connectivity index (χ0v) is 17.1. The highest BCUT2D eigenvalue weighted by Gasteiger charge is 2.17. The molecular weight excluding hydrogens is 338 g/mol. The Kier molecular flexibility index (Phi) is 8.62. The van der Waals surface area contributed by atoms with Crippen molar-refractivity contribution in [2.45, 2.75) is 71.9 Å². The van der Waals surface area contributed by atoms with Crippen LogP contribution in [0.4, 0.5) is 4.79 Å². The van der Waals surface area contributed by atoms with Crippen LogP contribution in [0, 0.1) is 5.92 Å². The molecule has 0 aliphatic carbocycles. The van der Waals surface area contributed by atoms with Crippen molar-refractivity contribution in [3.63, 3.8) is 0 Å². The van der Waals surface area contributed by atoms with Crippen LogP contribution in [-0.2, 0) is 6.54 Å². The number of nitrogens with zero attached hydrogens (tertiary/aromatic N) is 1. The molecule has 150 valence electrons. The van der Waals surface area contributed by atoms with Gasteiger partial charge in [0, 0.05) is 31.2 Å². The SMILES string of the molecule is CC(C)CCCC(C)NC(=O)NCc1ccc(C(=O)N2CCCCC2)cc1. The number of benzene rings is 1. The number of piperidine rings is 1. The van der Waals surface area contributed by atoms with Gasteiger partial charge >= 0.3 is 6.03 Å². The molecule has 27 heavy (non-hydrogen) atoms. The lowest BCUT2D eigenvalue weighted by Crippen LogP contribution is -2.40. The van der Waals surface area contributed by atoms with E-state index in [9.17, 15) is 9.59 Å². The first-order chi connectivity index (χ1) is 13.0. The third kappa shape index (κ3) is 7.61. The van der Waals surface area contributed by atoms with Crippen molar-refractivity contribution in [3.05, 3.63) is 35.4 Å². The summed E-state index contributed by atoms with van der Waals surface area (Å²) in [6.45, 7) is 8.66. The number of carbonyl (C=O) groups excluding carboxylic acids is 2. The zero-order valence-electron chi connectivity index (χ0n) is 17.1. The largest absolute Gasteiger partial charge is 0.339 e. The maximum atomic E-state index is 12.5. The Labute approximate surface area is 163 Å². The van der Waals surface area contributed by atoms with Gasteiger partial charge in [-0.25, -0.2) is 4.79 Å². The number of likely N-dealkylation sites (tertiary alicyclic amines) is 1. The van der Waals surface area contributed by atoms with Crippen LogP contribution < -0.4 is 10.6 Å². The van der Waals surface area contributed by atoms with Crippen LogP contribution in [0.2, 0.25) is 0 Å². The second-order valence-corrected chi connectivity index (χ2v) is 8.10. The van der Waals surface area contributed by atoms with Gasteiger partial charge in [0.25, 0.3) is 5.91 Å². The Morgan fingerprint density at radius 3 is 2.30 bits per heavy atom. The Balaban J connectivity index is 1.72. The molecule has 1 atom stereocenters. The molecular formula is C22H35N3O2. The summed E-state index contributed by atoms with van der Waals surface area (Å²) >= 11 is 0. The van der Waals surface area contributed by atoms with Crippen molar-refractivity contribution >= 4 is 11.9 Å². The molecule has 2 rings (SSSR count). The normalized spacial score (nSPS) is 15.5. The van der Waals surface area contributed by atoms with Gasteiger partial charge in [-0.15, -0.1) is 0 Å². The van der Waals surface area contributed by atoms with Gasteiger partial charge in [-0.05, 0) is 56.2 Å². The maximum Gasteiger partial charge on any atom is 0.315 e. The maximum absolute atomic E-state index is 12.5. The summed E-state index contributed by atoms with van der Waals surface area (Å²) in [5.41, 5.74) is 1.72. The lowest BCUT2D eigenvalue weighted by molar-refractivity contribution is 0.0724. The molecule has 0 spiro atoms. The van der Waals surface area contributed by atoms with E-state index in [2.05, 4.69) is 24.5 Å². The lowest BCUT2D eigenvalue weighted by atomic mass is 10.0. The predicted octanol–water partition coefficient (Wildman–Crippen LogP) is 4.33. The molecule has 1 aliphatic heterocycles. The van der Waals surface area contributed by atoms with Crippen LogP contribution in [0.25, 0.3) is 0 Å². The second kappa shape index (κ2) is 11.0. The van der Waals surface area contributed by atoms with E-state index < -0.39 is 0 Å². The number of hydrogen-bond donors (Lipinski definition) is 2. The molecule has 0 saturated carbocycles. The van der Waals surface area contributed by atoms with E-state index >= 15 is 0 Å². The Morgan fingerprint density at radius 1 is 1.00 bits per heavy atom. The lowest BCUT2D eigenvalue weighted by Gasteiger charge is -2.26. The molecule has 1 unspecified atom stereocenters. The van der Waals surface area contributed by atoms with Crippen LogP contribution in [-0.4, -0.2) is 36.0 Å². The summed E-state index contributed by atoms with van der Waals surface area (Å²) in [5.74, 6) is 0.818. The van der Waals surface area contributed by atoms with Crippen LogP contribution in [0.3, 0.4) is 0 Å². The number of rotatable bonds is 8. The van der Waals surface area contributed by atoms with Crippen molar-refractivity contribution < 1.29 is 9.59 Å². The van der Waals surface area contributed by atoms with E-state index in [4.69, 9.17) is 0 Å². The molecule has 1 aromatic carbocycles. The molecule has 5 heteroatoms. The summed E-state index contributed by atoms with van der Waals surface area (Å²) in [4.78, 5) is 26.4. The van der Waals surface area contributed by atoms with Gasteiger partial charge in [0.1, 0.15) is 0 Å². The van der Waals surface area contributed by atoms with Gasteiger partial charge in [-0.3, -0.25) is 4.79 Å². The predicted molar refractivity (Wildman–Crippen MR) is 110 cm³/mol. The minimum atomic E-state index is -0.138. The number of urea groups is 1.